The van der Waals surface area contributed by atoms with E-state index in [1.807, 2.05) is 19.1 Å². The van der Waals surface area contributed by atoms with Gasteiger partial charge in [-0.25, -0.2) is 0 Å². The van der Waals surface area contributed by atoms with Crippen molar-refractivity contribution < 1.29 is 13.9 Å². The van der Waals surface area contributed by atoms with Gasteiger partial charge in [-0.2, -0.15) is 0 Å². The molecule has 6 nitrogen and oxygen atoms in total. The average molecular weight is 261 g/mol. The first kappa shape index (κ1) is 13.1. The summed E-state index contributed by atoms with van der Waals surface area (Å²) in [7, 11) is 1.60. The lowest BCUT2D eigenvalue weighted by Crippen LogP contribution is -2.10. The van der Waals surface area contributed by atoms with Crippen molar-refractivity contribution in [3.63, 3.8) is 0 Å². The van der Waals surface area contributed by atoms with Crippen LogP contribution in [0.2, 0.25) is 0 Å². The number of hydrogen-bond acceptors (Lipinski definition) is 5. The largest absolute Gasteiger partial charge is 0.497 e. The molecule has 0 aliphatic carbocycles. The van der Waals surface area contributed by atoms with Crippen molar-refractivity contribution in [3.8, 4) is 17.2 Å². The molecule has 0 atom stereocenters. The van der Waals surface area contributed by atoms with Crippen LogP contribution in [0.1, 0.15) is 19.8 Å². The van der Waals surface area contributed by atoms with Crippen LogP contribution >= 0.6 is 0 Å². The Morgan fingerprint density at radius 2 is 2.05 bits per heavy atom. The standard InChI is InChI=1S/C13H15N3O3/c1-3-4-11(17)14-13-16-15-12(19-13)9-5-7-10(18-2)8-6-9/h5-8H,3-4H2,1-2H3,(H,14,16,17). The van der Waals surface area contributed by atoms with Crippen molar-refractivity contribution in [2.45, 2.75) is 19.8 Å². The number of amides is 1. The Balaban J connectivity index is 2.09. The van der Waals surface area contributed by atoms with E-state index in [0.29, 0.717) is 12.3 Å². The van der Waals surface area contributed by atoms with Gasteiger partial charge in [-0.15, -0.1) is 5.10 Å². The van der Waals surface area contributed by atoms with Gasteiger partial charge in [0.15, 0.2) is 0 Å². The number of rotatable bonds is 5. The predicted molar refractivity (Wildman–Crippen MR) is 69.8 cm³/mol. The molecule has 1 amide bonds. The Morgan fingerprint density at radius 3 is 2.68 bits per heavy atom. The zero-order valence-electron chi connectivity index (χ0n) is 10.8. The third kappa shape index (κ3) is 3.31. The van der Waals surface area contributed by atoms with Gasteiger partial charge in [-0.05, 0) is 30.7 Å². The first-order chi connectivity index (χ1) is 9.22. The quantitative estimate of drug-likeness (QED) is 0.894. The second-order valence-corrected chi connectivity index (χ2v) is 3.94. The Kier molecular flexibility index (Phi) is 4.12. The molecule has 0 saturated carbocycles. The Morgan fingerprint density at radius 1 is 1.32 bits per heavy atom. The molecule has 0 bridgehead atoms. The molecule has 2 rings (SSSR count). The van der Waals surface area contributed by atoms with Gasteiger partial charge in [0, 0.05) is 12.0 Å². The summed E-state index contributed by atoms with van der Waals surface area (Å²) in [5.74, 6) is 0.974. The van der Waals surface area contributed by atoms with Crippen molar-refractivity contribution in [2.75, 3.05) is 12.4 Å². The van der Waals surface area contributed by atoms with Crippen molar-refractivity contribution in [1.29, 1.82) is 0 Å². The van der Waals surface area contributed by atoms with E-state index >= 15 is 0 Å². The maximum Gasteiger partial charge on any atom is 0.322 e. The van der Waals surface area contributed by atoms with E-state index in [0.717, 1.165) is 17.7 Å². The summed E-state index contributed by atoms with van der Waals surface area (Å²) in [4.78, 5) is 11.4. The van der Waals surface area contributed by atoms with Crippen molar-refractivity contribution in [2.24, 2.45) is 0 Å². The van der Waals surface area contributed by atoms with Crippen molar-refractivity contribution in [1.82, 2.24) is 10.2 Å². The van der Waals surface area contributed by atoms with Gasteiger partial charge >= 0.3 is 6.01 Å². The monoisotopic (exact) mass is 261 g/mol. The molecule has 2 aromatic rings. The highest BCUT2D eigenvalue weighted by molar-refractivity contribution is 5.88. The van der Waals surface area contributed by atoms with Gasteiger partial charge < -0.3 is 9.15 Å². The molecule has 0 spiro atoms. The number of anilines is 1. The number of hydrogen-bond donors (Lipinski definition) is 1. The first-order valence-corrected chi connectivity index (χ1v) is 6.00. The Bertz CT molecular complexity index is 549. The summed E-state index contributed by atoms with van der Waals surface area (Å²) < 4.78 is 10.4. The summed E-state index contributed by atoms with van der Waals surface area (Å²) in [6.45, 7) is 1.93. The van der Waals surface area contributed by atoms with E-state index in [-0.39, 0.29) is 11.9 Å². The Hall–Kier alpha value is -2.37. The van der Waals surface area contributed by atoms with Crippen molar-refractivity contribution >= 4 is 11.9 Å². The van der Waals surface area contributed by atoms with Crippen LogP contribution in [-0.4, -0.2) is 23.2 Å². The molecule has 1 aromatic heterocycles. The molecule has 0 aliphatic heterocycles. The SMILES string of the molecule is CCCC(=O)Nc1nnc(-c2ccc(OC)cc2)o1. The number of nitrogens with one attached hydrogen (secondary N) is 1. The van der Waals surface area contributed by atoms with Crippen molar-refractivity contribution in [3.05, 3.63) is 24.3 Å². The molecule has 0 radical (unpaired) electrons. The van der Waals surface area contributed by atoms with Crippen LogP contribution in [0.25, 0.3) is 11.5 Å². The Labute approximate surface area is 110 Å². The number of nitrogens with zero attached hydrogens (tertiary/aromatic N) is 2. The molecule has 6 heteroatoms. The fourth-order valence-electron chi connectivity index (χ4n) is 1.53. The third-order valence-corrected chi connectivity index (χ3v) is 2.49. The van der Waals surface area contributed by atoms with Crippen LogP contribution < -0.4 is 10.1 Å². The topological polar surface area (TPSA) is 77.2 Å². The van der Waals surface area contributed by atoms with Gasteiger partial charge in [0.25, 0.3) is 0 Å². The van der Waals surface area contributed by atoms with Crippen LogP contribution in [0.15, 0.2) is 28.7 Å². The summed E-state index contributed by atoms with van der Waals surface area (Å²) in [6.07, 6.45) is 1.20. The highest BCUT2D eigenvalue weighted by Gasteiger charge is 2.10. The average Bonchev–Trinajstić information content (AvgIpc) is 2.87. The molecular formula is C13H15N3O3. The maximum absolute atomic E-state index is 11.4. The smallest absolute Gasteiger partial charge is 0.322 e. The fraction of sp³-hybridized carbons (Fsp3) is 0.308. The molecule has 1 heterocycles. The van der Waals surface area contributed by atoms with Gasteiger partial charge in [0.05, 0.1) is 7.11 Å². The van der Waals surface area contributed by atoms with E-state index in [2.05, 4.69) is 15.5 Å². The molecule has 0 saturated heterocycles. The highest BCUT2D eigenvalue weighted by Crippen LogP contribution is 2.22. The number of benzene rings is 1. The van der Waals surface area contributed by atoms with E-state index in [4.69, 9.17) is 9.15 Å². The molecule has 0 fully saturated rings. The molecular weight excluding hydrogens is 246 g/mol. The molecule has 19 heavy (non-hydrogen) atoms. The molecule has 0 aliphatic rings. The summed E-state index contributed by atoms with van der Waals surface area (Å²) in [6, 6.07) is 7.34. The summed E-state index contributed by atoms with van der Waals surface area (Å²) in [5.41, 5.74) is 0.768. The van der Waals surface area contributed by atoms with E-state index < -0.39 is 0 Å². The highest BCUT2D eigenvalue weighted by atomic mass is 16.5. The molecule has 1 N–H and O–H groups in total. The normalized spacial score (nSPS) is 10.2. The second kappa shape index (κ2) is 5.99. The van der Waals surface area contributed by atoms with E-state index in [1.165, 1.54) is 0 Å². The molecule has 0 unspecified atom stereocenters. The number of carbonyl (C=O) groups excluding carboxylic acids is 1. The first-order valence-electron chi connectivity index (χ1n) is 6.00. The van der Waals surface area contributed by atoms with E-state index in [9.17, 15) is 4.79 Å². The number of aromatic nitrogens is 2. The molecule has 100 valence electrons. The minimum Gasteiger partial charge on any atom is -0.497 e. The van der Waals surface area contributed by atoms with Crippen LogP contribution in [-0.2, 0) is 4.79 Å². The molecule has 1 aromatic carbocycles. The minimum atomic E-state index is -0.132. The van der Waals surface area contributed by atoms with Crippen LogP contribution in [0, 0.1) is 0 Å². The third-order valence-electron chi connectivity index (χ3n) is 2.49. The number of carbonyl (C=O) groups is 1. The zero-order chi connectivity index (χ0) is 13.7. The lowest BCUT2D eigenvalue weighted by molar-refractivity contribution is -0.116. The second-order valence-electron chi connectivity index (χ2n) is 3.94. The number of methoxy groups -OCH3 is 1. The van der Waals surface area contributed by atoms with Crippen LogP contribution in [0.5, 0.6) is 5.75 Å². The van der Waals surface area contributed by atoms with Crippen LogP contribution in [0.4, 0.5) is 6.01 Å². The zero-order valence-corrected chi connectivity index (χ0v) is 10.8. The van der Waals surface area contributed by atoms with Gasteiger partial charge in [0.2, 0.25) is 11.8 Å². The van der Waals surface area contributed by atoms with Gasteiger partial charge in [0.1, 0.15) is 5.75 Å². The predicted octanol–water partition coefficient (Wildman–Crippen LogP) is 2.48. The lowest BCUT2D eigenvalue weighted by Gasteiger charge is -1.99. The fourth-order valence-corrected chi connectivity index (χ4v) is 1.53. The van der Waals surface area contributed by atoms with Crippen LogP contribution in [0.3, 0.4) is 0 Å². The lowest BCUT2D eigenvalue weighted by atomic mass is 10.2. The van der Waals surface area contributed by atoms with E-state index in [1.54, 1.807) is 19.2 Å². The summed E-state index contributed by atoms with van der Waals surface area (Å²) >= 11 is 0. The minimum absolute atomic E-state index is 0.115. The summed E-state index contributed by atoms with van der Waals surface area (Å²) in [5, 5.41) is 10.2. The number of ether oxygens (including phenoxy) is 1. The van der Waals surface area contributed by atoms with Gasteiger partial charge in [-0.1, -0.05) is 12.0 Å². The van der Waals surface area contributed by atoms with Gasteiger partial charge in [-0.3, -0.25) is 10.1 Å². The maximum atomic E-state index is 11.4.